The van der Waals surface area contributed by atoms with Crippen LogP contribution >= 0.6 is 24.8 Å². The second kappa shape index (κ2) is 29.7. The lowest BCUT2D eigenvalue weighted by atomic mass is 10.2. The Morgan fingerprint density at radius 2 is 1.40 bits per heavy atom. The first-order valence-corrected chi connectivity index (χ1v) is 0.789. The Morgan fingerprint density at radius 3 is 1.40 bits per heavy atom. The molecule has 0 radical (unpaired) electrons. The van der Waals surface area contributed by atoms with Crippen molar-refractivity contribution >= 4 is 32.7 Å². The highest BCUT2D eigenvalue weighted by Gasteiger charge is 1.15. The number of terminal acetylenes is 1. The monoisotopic (exact) mass is 110 g/mol. The molecule has 0 aliphatic carbocycles. The van der Waals surface area contributed by atoms with Crippen LogP contribution in [0.4, 0.5) is 0 Å². The molecular formula is C2H5BCl2. The maximum absolute atomic E-state index is 4.60. The van der Waals surface area contributed by atoms with Gasteiger partial charge in [-0.25, -0.2) is 0 Å². The standard InChI is InChI=1S/C2H3B.2ClH/c1-2-3;;/h1H,3H2;2*1H. The van der Waals surface area contributed by atoms with E-state index < -0.39 is 0 Å². The van der Waals surface area contributed by atoms with Gasteiger partial charge in [0.2, 0.25) is 0 Å². The summed E-state index contributed by atoms with van der Waals surface area (Å²) in [5.41, 5.74) is 0. The quantitative estimate of drug-likeness (QED) is 0.306. The second-order valence-electron chi connectivity index (χ2n) is 0.289. The van der Waals surface area contributed by atoms with E-state index in [4.69, 9.17) is 0 Å². The molecule has 0 bridgehead atoms. The molecule has 30 valence electrons. The first-order chi connectivity index (χ1) is 1.41. The molecule has 0 nitrogen and oxygen atoms in total. The molecule has 3 heteroatoms. The lowest BCUT2D eigenvalue weighted by molar-refractivity contribution is 3.09. The van der Waals surface area contributed by atoms with Crippen molar-refractivity contribution in [3.05, 3.63) is 0 Å². The normalized spacial score (nSPS) is 1.40. The molecule has 0 aromatic rings. The van der Waals surface area contributed by atoms with E-state index in [2.05, 4.69) is 12.2 Å². The van der Waals surface area contributed by atoms with Crippen molar-refractivity contribution in [3.63, 3.8) is 0 Å². The van der Waals surface area contributed by atoms with Crippen molar-refractivity contribution in [2.45, 2.75) is 0 Å². The lowest BCUT2D eigenvalue weighted by Crippen LogP contribution is -1.32. The van der Waals surface area contributed by atoms with E-state index in [1.54, 1.807) is 7.85 Å². The van der Waals surface area contributed by atoms with Crippen molar-refractivity contribution in [1.82, 2.24) is 0 Å². The van der Waals surface area contributed by atoms with Gasteiger partial charge in [-0.3, -0.25) is 0 Å². The van der Waals surface area contributed by atoms with Crippen molar-refractivity contribution in [2.24, 2.45) is 0 Å². The van der Waals surface area contributed by atoms with Gasteiger partial charge in [0.1, 0.15) is 0 Å². The summed E-state index contributed by atoms with van der Waals surface area (Å²) in [4.78, 5) is 0. The topological polar surface area (TPSA) is 0 Å². The average molecular weight is 111 g/mol. The van der Waals surface area contributed by atoms with E-state index in [-0.39, 0.29) is 24.8 Å². The van der Waals surface area contributed by atoms with E-state index in [1.165, 1.54) is 0 Å². The molecule has 0 saturated carbocycles. The first kappa shape index (κ1) is 18.9. The van der Waals surface area contributed by atoms with Gasteiger partial charge in [-0.2, -0.15) is 5.82 Å². The van der Waals surface area contributed by atoms with Crippen LogP contribution in [0.1, 0.15) is 0 Å². The van der Waals surface area contributed by atoms with Crippen LogP contribution in [0.5, 0.6) is 0 Å². The Balaban J connectivity index is -0.0000000200. The number of hydrogen-bond acceptors (Lipinski definition) is 0. The van der Waals surface area contributed by atoms with Crippen molar-refractivity contribution in [1.29, 1.82) is 0 Å². The highest BCUT2D eigenvalue weighted by molar-refractivity contribution is 6.21. The Morgan fingerprint density at radius 1 is 1.40 bits per heavy atom. The minimum atomic E-state index is 0. The van der Waals surface area contributed by atoms with E-state index in [1.807, 2.05) is 0 Å². The van der Waals surface area contributed by atoms with E-state index in [0.717, 1.165) is 0 Å². The van der Waals surface area contributed by atoms with Gasteiger partial charge in [-0.15, -0.1) is 31.2 Å². The number of rotatable bonds is 0. The molecule has 0 amide bonds. The maximum Gasteiger partial charge on any atom is 0.195 e. The van der Waals surface area contributed by atoms with Crippen LogP contribution in [0.15, 0.2) is 0 Å². The summed E-state index contributed by atoms with van der Waals surface area (Å²) >= 11 is 0. The molecular weight excluding hydrogens is 106 g/mol. The Bertz CT molecular complexity index is 29.1. The van der Waals surface area contributed by atoms with Crippen molar-refractivity contribution in [2.75, 3.05) is 0 Å². The summed E-state index contributed by atoms with van der Waals surface area (Å²) in [5, 5.41) is 0. The number of halogens is 2. The summed E-state index contributed by atoms with van der Waals surface area (Å²) in [6.07, 6.45) is 4.60. The fraction of sp³-hybridized carbons (Fsp3) is 0. The van der Waals surface area contributed by atoms with Gasteiger partial charge in [-0.05, 0) is 0 Å². The van der Waals surface area contributed by atoms with Gasteiger partial charge < -0.3 is 0 Å². The molecule has 0 rings (SSSR count). The fourth-order valence-electron chi connectivity index (χ4n) is 0. The largest absolute Gasteiger partial charge is 0.195 e. The highest BCUT2D eigenvalue weighted by atomic mass is 35.5. The molecule has 0 unspecified atom stereocenters. The van der Waals surface area contributed by atoms with Crippen LogP contribution in [0.3, 0.4) is 0 Å². The van der Waals surface area contributed by atoms with Gasteiger partial charge in [0.25, 0.3) is 0 Å². The smallest absolute Gasteiger partial charge is 0.168 e. The average Bonchev–Trinajstić information content (AvgIpc) is 0.918. The van der Waals surface area contributed by atoms with Crippen LogP contribution in [0.2, 0.25) is 0 Å². The number of hydrogen-bond donors (Lipinski definition) is 0. The van der Waals surface area contributed by atoms with Crippen LogP contribution < -0.4 is 0 Å². The van der Waals surface area contributed by atoms with Gasteiger partial charge in [-0.1, -0.05) is 0 Å². The van der Waals surface area contributed by atoms with Crippen molar-refractivity contribution < 1.29 is 0 Å². The molecule has 0 aliphatic rings. The molecule has 0 N–H and O–H groups in total. The van der Waals surface area contributed by atoms with Crippen LogP contribution in [-0.4, -0.2) is 7.85 Å². The Labute approximate surface area is 45.6 Å². The summed E-state index contributed by atoms with van der Waals surface area (Å²) in [6.45, 7) is 0. The van der Waals surface area contributed by atoms with Crippen LogP contribution in [0.25, 0.3) is 0 Å². The van der Waals surface area contributed by atoms with Crippen LogP contribution in [-0.2, 0) is 0 Å². The van der Waals surface area contributed by atoms with Gasteiger partial charge in [0, 0.05) is 0 Å². The minimum Gasteiger partial charge on any atom is -0.168 e. The first-order valence-electron chi connectivity index (χ1n) is 0.789. The summed E-state index contributed by atoms with van der Waals surface area (Å²) < 4.78 is 0. The highest BCUT2D eigenvalue weighted by Crippen LogP contribution is 1.03. The van der Waals surface area contributed by atoms with Gasteiger partial charge >= 0.3 is 0 Å². The molecule has 0 atom stereocenters. The Hall–Kier alpha value is 0.205. The summed E-state index contributed by atoms with van der Waals surface area (Å²) in [7, 11) is 1.65. The van der Waals surface area contributed by atoms with E-state index in [0.29, 0.717) is 0 Å². The third-order valence-corrected chi connectivity index (χ3v) is 0. The fourth-order valence-corrected chi connectivity index (χ4v) is 0. The summed E-state index contributed by atoms with van der Waals surface area (Å²) in [6, 6.07) is 0. The lowest BCUT2D eigenvalue weighted by Gasteiger charge is -1.20. The zero-order valence-corrected chi connectivity index (χ0v) is 4.53. The molecule has 0 heterocycles. The zero-order valence-electron chi connectivity index (χ0n) is 2.89. The molecule has 5 heavy (non-hydrogen) atoms. The minimum absolute atomic E-state index is 0. The maximum atomic E-state index is 4.60. The SMILES string of the molecule is BC#C.Cl.Cl. The molecule has 0 aliphatic heterocycles. The van der Waals surface area contributed by atoms with E-state index >= 15 is 0 Å². The molecule has 0 aromatic carbocycles. The van der Waals surface area contributed by atoms with Crippen LogP contribution in [0, 0.1) is 12.2 Å². The molecule has 0 fully saturated rings. The summed E-state index contributed by atoms with van der Waals surface area (Å²) in [5.74, 6) is 2.25. The predicted octanol–water partition coefficient (Wildman–Crippen LogP) is 0.0538. The van der Waals surface area contributed by atoms with Gasteiger partial charge in [0.15, 0.2) is 7.85 Å². The second-order valence-corrected chi connectivity index (χ2v) is 0.289. The molecule has 0 aromatic heterocycles. The molecule has 0 saturated heterocycles. The third-order valence-electron chi connectivity index (χ3n) is 0. The Kier molecular flexibility index (Phi) is 113. The van der Waals surface area contributed by atoms with Crippen molar-refractivity contribution in [3.8, 4) is 12.2 Å². The third kappa shape index (κ3) is 487. The predicted molar refractivity (Wildman–Crippen MR) is 31.9 cm³/mol. The van der Waals surface area contributed by atoms with Gasteiger partial charge in [0.05, 0.1) is 0 Å². The molecule has 0 spiro atoms. The zero-order chi connectivity index (χ0) is 2.71. The van der Waals surface area contributed by atoms with E-state index in [9.17, 15) is 0 Å².